The quantitative estimate of drug-likeness (QED) is 0.300. The minimum absolute atomic E-state index is 0.00604. The van der Waals surface area contributed by atoms with E-state index in [1.54, 1.807) is 0 Å². The first-order chi connectivity index (χ1) is 16.3. The Morgan fingerprint density at radius 3 is 2.29 bits per heavy atom. The van der Waals surface area contributed by atoms with E-state index in [4.69, 9.17) is 0 Å². The Labute approximate surface area is 195 Å². The van der Waals surface area contributed by atoms with E-state index in [2.05, 4.69) is 17.1 Å². The fourth-order valence-corrected chi connectivity index (χ4v) is 6.39. The Morgan fingerprint density at radius 1 is 0.853 bits per heavy atom. The highest BCUT2D eigenvalue weighted by molar-refractivity contribution is 6.05. The Kier molecular flexibility index (Phi) is 4.50. The van der Waals surface area contributed by atoms with Gasteiger partial charge in [-0.05, 0) is 59.2 Å². The smallest absolute Gasteiger partial charge is 0.294 e. The van der Waals surface area contributed by atoms with Gasteiger partial charge in [-0.1, -0.05) is 66.7 Å². The van der Waals surface area contributed by atoms with Crippen molar-refractivity contribution in [3.8, 4) is 0 Å². The van der Waals surface area contributed by atoms with Crippen LogP contribution in [0.4, 0.5) is 13.2 Å². The van der Waals surface area contributed by atoms with Gasteiger partial charge in [0.05, 0.1) is 5.56 Å². The van der Waals surface area contributed by atoms with E-state index in [1.807, 2.05) is 60.7 Å². The lowest BCUT2D eigenvalue weighted by molar-refractivity contribution is -0.137. The second-order valence-corrected chi connectivity index (χ2v) is 9.77. The van der Waals surface area contributed by atoms with Gasteiger partial charge in [-0.15, -0.1) is 0 Å². The van der Waals surface area contributed by atoms with Crippen molar-refractivity contribution in [2.45, 2.75) is 36.8 Å². The Hall–Kier alpha value is -3.47. The molecule has 4 aromatic rings. The highest BCUT2D eigenvalue weighted by Gasteiger charge is 2.70. The van der Waals surface area contributed by atoms with Crippen molar-refractivity contribution >= 4 is 16.6 Å². The van der Waals surface area contributed by atoms with Crippen LogP contribution in [0.25, 0.3) is 10.8 Å². The first kappa shape index (κ1) is 21.1. The molecule has 0 spiro atoms. The molecule has 2 bridgehead atoms. The SMILES string of the molecule is O=C(c1ccc2ccccc2c1)C12CC(c3ccccc3)(C[C@H]1c1cc(C(F)(F)F)ccn1)C2. The summed E-state index contributed by atoms with van der Waals surface area (Å²) < 4.78 is 40.4. The molecule has 7 rings (SSSR count). The van der Waals surface area contributed by atoms with Crippen LogP contribution < -0.4 is 0 Å². The number of carbonyl (C=O) groups is 1. The molecule has 34 heavy (non-hydrogen) atoms. The number of pyridine rings is 1. The van der Waals surface area contributed by atoms with Gasteiger partial charge in [0.1, 0.15) is 0 Å². The van der Waals surface area contributed by atoms with E-state index in [1.165, 1.54) is 6.20 Å². The third kappa shape index (κ3) is 3.10. The zero-order chi connectivity index (χ0) is 23.6. The third-order valence-corrected chi connectivity index (χ3v) is 7.89. The predicted molar refractivity (Wildman–Crippen MR) is 125 cm³/mol. The van der Waals surface area contributed by atoms with Crippen LogP contribution in [0.3, 0.4) is 0 Å². The number of alkyl halides is 3. The van der Waals surface area contributed by atoms with Crippen LogP contribution in [0.1, 0.15) is 52.4 Å². The van der Waals surface area contributed by atoms with Crippen molar-refractivity contribution in [2.24, 2.45) is 5.41 Å². The third-order valence-electron chi connectivity index (χ3n) is 7.89. The molecule has 0 unspecified atom stereocenters. The van der Waals surface area contributed by atoms with E-state index in [-0.39, 0.29) is 17.1 Å². The van der Waals surface area contributed by atoms with Gasteiger partial charge in [0.2, 0.25) is 0 Å². The molecule has 0 N–H and O–H groups in total. The maximum Gasteiger partial charge on any atom is 0.416 e. The summed E-state index contributed by atoms with van der Waals surface area (Å²) in [4.78, 5) is 18.4. The van der Waals surface area contributed by atoms with Crippen molar-refractivity contribution in [3.05, 3.63) is 114 Å². The number of carbonyl (C=O) groups excluding carboxylic acids is 1. The van der Waals surface area contributed by atoms with Gasteiger partial charge in [-0.2, -0.15) is 13.2 Å². The molecule has 1 atom stereocenters. The molecular formula is C29H22F3NO. The van der Waals surface area contributed by atoms with Crippen molar-refractivity contribution in [3.63, 3.8) is 0 Å². The lowest BCUT2D eigenvalue weighted by Crippen LogP contribution is -2.47. The van der Waals surface area contributed by atoms with E-state index in [0.29, 0.717) is 30.5 Å². The first-order valence-electron chi connectivity index (χ1n) is 11.4. The van der Waals surface area contributed by atoms with Gasteiger partial charge in [-0.25, -0.2) is 0 Å². The molecule has 0 aliphatic heterocycles. The Bertz CT molecular complexity index is 1400. The Morgan fingerprint density at radius 2 is 1.56 bits per heavy atom. The van der Waals surface area contributed by atoms with Gasteiger partial charge in [-0.3, -0.25) is 9.78 Å². The second-order valence-electron chi connectivity index (χ2n) is 9.77. The monoisotopic (exact) mass is 457 g/mol. The van der Waals surface area contributed by atoms with Crippen LogP contribution in [-0.2, 0) is 11.6 Å². The van der Waals surface area contributed by atoms with Crippen LogP contribution in [0.5, 0.6) is 0 Å². The molecule has 3 aromatic carbocycles. The number of nitrogens with zero attached hydrogens (tertiary/aromatic N) is 1. The van der Waals surface area contributed by atoms with Crippen LogP contribution in [-0.4, -0.2) is 10.8 Å². The summed E-state index contributed by atoms with van der Waals surface area (Å²) >= 11 is 0. The molecule has 0 saturated heterocycles. The van der Waals surface area contributed by atoms with Crippen LogP contribution in [0, 0.1) is 5.41 Å². The summed E-state index contributed by atoms with van der Waals surface area (Å²) in [6.45, 7) is 0. The maximum absolute atomic E-state index is 14.0. The fourth-order valence-electron chi connectivity index (χ4n) is 6.39. The van der Waals surface area contributed by atoms with Crippen LogP contribution in [0.15, 0.2) is 91.1 Å². The molecule has 1 heterocycles. The molecule has 3 fully saturated rings. The van der Waals surface area contributed by atoms with Crippen molar-refractivity contribution in [2.75, 3.05) is 0 Å². The normalized spacial score (nSPS) is 25.8. The average molecular weight is 457 g/mol. The number of rotatable bonds is 4. The number of benzene rings is 3. The standard InChI is InChI=1S/C29H22F3NO/c30-29(31,32)23-12-13-33-25(15-23)24-16-27(22-8-2-1-3-9-22)17-28(24,18-27)26(34)21-11-10-19-6-4-5-7-20(19)14-21/h1-15,24H,16-18H2/t24-,27?,28?/m0/s1. The van der Waals surface area contributed by atoms with Gasteiger partial charge in [0, 0.05) is 28.8 Å². The lowest BCUT2D eigenvalue weighted by atomic mass is 9.54. The molecule has 170 valence electrons. The van der Waals surface area contributed by atoms with Crippen LogP contribution in [0.2, 0.25) is 0 Å². The summed E-state index contributed by atoms with van der Waals surface area (Å²) in [5.41, 5.74) is 0.428. The lowest BCUT2D eigenvalue weighted by Gasteiger charge is -2.48. The number of fused-ring (bicyclic) bond motifs is 2. The summed E-state index contributed by atoms with van der Waals surface area (Å²) in [5, 5.41) is 2.02. The topological polar surface area (TPSA) is 30.0 Å². The minimum Gasteiger partial charge on any atom is -0.294 e. The van der Waals surface area contributed by atoms with Crippen molar-refractivity contribution < 1.29 is 18.0 Å². The van der Waals surface area contributed by atoms with Gasteiger partial charge >= 0.3 is 6.18 Å². The highest BCUT2D eigenvalue weighted by atomic mass is 19.4. The van der Waals surface area contributed by atoms with E-state index in [0.717, 1.165) is 28.5 Å². The molecule has 3 aliphatic rings. The first-order valence-corrected chi connectivity index (χ1v) is 11.4. The predicted octanol–water partition coefficient (Wildman–Crippen LogP) is 7.34. The van der Waals surface area contributed by atoms with E-state index >= 15 is 0 Å². The van der Waals surface area contributed by atoms with Gasteiger partial charge in [0.15, 0.2) is 5.78 Å². The summed E-state index contributed by atoms with van der Waals surface area (Å²) in [5.74, 6) is -0.361. The number of ketones is 1. The van der Waals surface area contributed by atoms with Crippen molar-refractivity contribution in [1.82, 2.24) is 4.98 Å². The number of hydrogen-bond acceptors (Lipinski definition) is 2. The summed E-state index contributed by atoms with van der Waals surface area (Å²) in [6, 6.07) is 25.7. The molecule has 2 nitrogen and oxygen atoms in total. The van der Waals surface area contributed by atoms with E-state index < -0.39 is 17.2 Å². The molecule has 1 aromatic heterocycles. The number of hydrogen-bond donors (Lipinski definition) is 0. The second kappa shape index (κ2) is 7.26. The highest BCUT2D eigenvalue weighted by Crippen LogP contribution is 2.73. The van der Waals surface area contributed by atoms with Crippen molar-refractivity contribution in [1.29, 1.82) is 0 Å². The molecule has 3 aliphatic carbocycles. The van der Waals surface area contributed by atoms with Gasteiger partial charge < -0.3 is 0 Å². The zero-order valence-electron chi connectivity index (χ0n) is 18.3. The molecular weight excluding hydrogens is 435 g/mol. The molecule has 0 radical (unpaired) electrons. The van der Waals surface area contributed by atoms with E-state index in [9.17, 15) is 18.0 Å². The minimum atomic E-state index is -4.45. The molecule has 5 heteroatoms. The molecule has 0 amide bonds. The summed E-state index contributed by atoms with van der Waals surface area (Å²) in [6.07, 6.45) is -1.37. The fraction of sp³-hybridized carbons (Fsp3) is 0.241. The zero-order valence-corrected chi connectivity index (χ0v) is 18.3. The largest absolute Gasteiger partial charge is 0.416 e. The van der Waals surface area contributed by atoms with Gasteiger partial charge in [0.25, 0.3) is 0 Å². The number of halogens is 3. The summed E-state index contributed by atoms with van der Waals surface area (Å²) in [7, 11) is 0. The average Bonchev–Trinajstić information content (AvgIpc) is 3.37. The number of Topliss-reactive ketones (excluding diaryl/α,β-unsaturated/α-hetero) is 1. The Balaban J connectivity index is 1.45. The number of aromatic nitrogens is 1. The van der Waals surface area contributed by atoms with Crippen LogP contribution >= 0.6 is 0 Å². The molecule has 3 saturated carbocycles. The maximum atomic E-state index is 14.0.